The number of guanidine groups is 1. The van der Waals surface area contributed by atoms with E-state index in [9.17, 15) is 5.11 Å². The van der Waals surface area contributed by atoms with E-state index in [-0.39, 0.29) is 12.5 Å². The number of fused-ring (bicyclic) bond motifs is 1. The number of thiophene rings is 1. The van der Waals surface area contributed by atoms with Crippen molar-refractivity contribution in [2.45, 2.75) is 6.10 Å². The summed E-state index contributed by atoms with van der Waals surface area (Å²) in [5.41, 5.74) is 6.69. The topological polar surface area (TPSA) is 79.9 Å². The van der Waals surface area contributed by atoms with E-state index in [0.717, 1.165) is 26.4 Å². The standard InChI is InChI=1S/C18H19N3O2S/c1-23-14-8-6-13(7-9-14)21-18(19)20-11-15(22)17-10-12-4-2-3-5-16(12)24-17/h2-10,15,22H,11H2,1H3,(H3,19,20,21). The molecule has 1 atom stereocenters. The number of methoxy groups -OCH3 is 1. The highest BCUT2D eigenvalue weighted by atomic mass is 32.1. The molecule has 0 aliphatic carbocycles. The molecule has 1 aromatic heterocycles. The quantitative estimate of drug-likeness (QED) is 0.491. The normalized spacial score (nSPS) is 13.0. The van der Waals surface area contributed by atoms with E-state index < -0.39 is 6.10 Å². The minimum absolute atomic E-state index is 0.210. The molecule has 0 aliphatic rings. The van der Waals surface area contributed by atoms with Gasteiger partial charge in [0.05, 0.1) is 13.7 Å². The summed E-state index contributed by atoms with van der Waals surface area (Å²) < 4.78 is 6.26. The van der Waals surface area contributed by atoms with Crippen molar-refractivity contribution < 1.29 is 9.84 Å². The van der Waals surface area contributed by atoms with Crippen LogP contribution >= 0.6 is 11.3 Å². The molecule has 0 aliphatic heterocycles. The molecular formula is C18H19N3O2S. The first kappa shape index (κ1) is 16.3. The van der Waals surface area contributed by atoms with Gasteiger partial charge in [-0.2, -0.15) is 0 Å². The lowest BCUT2D eigenvalue weighted by atomic mass is 10.2. The molecule has 0 radical (unpaired) electrons. The van der Waals surface area contributed by atoms with Crippen LogP contribution < -0.4 is 15.8 Å². The van der Waals surface area contributed by atoms with E-state index in [2.05, 4.69) is 10.3 Å². The maximum absolute atomic E-state index is 10.3. The van der Waals surface area contributed by atoms with Crippen LogP contribution in [0.25, 0.3) is 10.1 Å². The second-order valence-electron chi connectivity index (χ2n) is 5.28. The summed E-state index contributed by atoms with van der Waals surface area (Å²) >= 11 is 1.57. The zero-order valence-corrected chi connectivity index (χ0v) is 14.1. The highest BCUT2D eigenvalue weighted by Gasteiger charge is 2.11. The monoisotopic (exact) mass is 341 g/mol. The Kier molecular flexibility index (Phi) is 4.98. The van der Waals surface area contributed by atoms with Gasteiger partial charge < -0.3 is 20.9 Å². The fourth-order valence-electron chi connectivity index (χ4n) is 2.30. The van der Waals surface area contributed by atoms with Crippen LogP contribution in [0.5, 0.6) is 5.75 Å². The van der Waals surface area contributed by atoms with Gasteiger partial charge in [0.15, 0.2) is 5.96 Å². The van der Waals surface area contributed by atoms with E-state index >= 15 is 0 Å². The molecule has 0 bridgehead atoms. The van der Waals surface area contributed by atoms with E-state index in [1.807, 2.05) is 54.6 Å². The second-order valence-corrected chi connectivity index (χ2v) is 6.40. The molecule has 0 saturated heterocycles. The van der Waals surface area contributed by atoms with Crippen LogP contribution in [-0.2, 0) is 0 Å². The fraction of sp³-hybridized carbons (Fsp3) is 0.167. The third-order valence-corrected chi connectivity index (χ3v) is 4.79. The number of nitrogens with zero attached hydrogens (tertiary/aromatic N) is 1. The Morgan fingerprint density at radius 3 is 2.71 bits per heavy atom. The molecule has 3 rings (SSSR count). The SMILES string of the molecule is COc1ccc(NC(N)=NCC(O)c2cc3ccccc3s2)cc1. The summed E-state index contributed by atoms with van der Waals surface area (Å²) in [4.78, 5) is 5.10. The minimum Gasteiger partial charge on any atom is -0.497 e. The third-order valence-electron chi connectivity index (χ3n) is 3.57. The average Bonchev–Trinajstić information content (AvgIpc) is 3.04. The van der Waals surface area contributed by atoms with E-state index in [4.69, 9.17) is 10.5 Å². The molecule has 124 valence electrons. The first-order valence-corrected chi connectivity index (χ1v) is 8.35. The second kappa shape index (κ2) is 7.33. The van der Waals surface area contributed by atoms with Crippen molar-refractivity contribution in [3.05, 3.63) is 59.5 Å². The molecule has 2 aromatic carbocycles. The van der Waals surface area contributed by atoms with Gasteiger partial charge in [0, 0.05) is 15.3 Å². The van der Waals surface area contributed by atoms with Crippen molar-refractivity contribution in [2.75, 3.05) is 19.0 Å². The summed E-state index contributed by atoms with van der Waals surface area (Å²) in [6, 6.07) is 17.4. The molecule has 0 amide bonds. The molecule has 0 saturated carbocycles. The lowest BCUT2D eigenvalue weighted by Gasteiger charge is -2.08. The number of rotatable bonds is 5. The van der Waals surface area contributed by atoms with Crippen molar-refractivity contribution in [2.24, 2.45) is 10.7 Å². The summed E-state index contributed by atoms with van der Waals surface area (Å²) in [5, 5.41) is 14.4. The smallest absolute Gasteiger partial charge is 0.193 e. The van der Waals surface area contributed by atoms with Crippen molar-refractivity contribution in [1.82, 2.24) is 0 Å². The fourth-order valence-corrected chi connectivity index (χ4v) is 3.35. The van der Waals surface area contributed by atoms with Gasteiger partial charge in [-0.15, -0.1) is 11.3 Å². The predicted molar refractivity (Wildman–Crippen MR) is 99.9 cm³/mol. The zero-order chi connectivity index (χ0) is 16.9. The first-order chi connectivity index (χ1) is 11.7. The number of hydrogen-bond donors (Lipinski definition) is 3. The van der Waals surface area contributed by atoms with Gasteiger partial charge in [-0.05, 0) is 41.8 Å². The van der Waals surface area contributed by atoms with Crippen molar-refractivity contribution in [1.29, 1.82) is 0 Å². The van der Waals surface area contributed by atoms with E-state index in [1.54, 1.807) is 18.4 Å². The summed E-state index contributed by atoms with van der Waals surface area (Å²) in [6.45, 7) is 0.210. The van der Waals surface area contributed by atoms with Crippen molar-refractivity contribution in [3.63, 3.8) is 0 Å². The van der Waals surface area contributed by atoms with Crippen LogP contribution in [0.15, 0.2) is 59.6 Å². The van der Waals surface area contributed by atoms with Crippen molar-refractivity contribution in [3.8, 4) is 5.75 Å². The first-order valence-electron chi connectivity index (χ1n) is 7.53. The lowest BCUT2D eigenvalue weighted by molar-refractivity contribution is 0.191. The number of nitrogens with one attached hydrogen (secondary N) is 1. The van der Waals surface area contributed by atoms with Gasteiger partial charge in [-0.3, -0.25) is 4.99 Å². The summed E-state index contributed by atoms with van der Waals surface area (Å²) in [6.07, 6.45) is -0.668. The Bertz CT molecular complexity index is 810. The molecule has 4 N–H and O–H groups in total. The average molecular weight is 341 g/mol. The van der Waals surface area contributed by atoms with Crippen LogP contribution in [0.1, 0.15) is 11.0 Å². The lowest BCUT2D eigenvalue weighted by Crippen LogP contribution is -2.23. The zero-order valence-electron chi connectivity index (χ0n) is 13.3. The molecule has 24 heavy (non-hydrogen) atoms. The number of nitrogens with two attached hydrogens (primary N) is 1. The Balaban J connectivity index is 1.62. The Morgan fingerprint density at radius 2 is 2.00 bits per heavy atom. The predicted octanol–water partition coefficient (Wildman–Crippen LogP) is 3.37. The van der Waals surface area contributed by atoms with Crippen LogP contribution in [0.2, 0.25) is 0 Å². The van der Waals surface area contributed by atoms with Gasteiger partial charge >= 0.3 is 0 Å². The maximum Gasteiger partial charge on any atom is 0.193 e. The van der Waals surface area contributed by atoms with Gasteiger partial charge in [-0.1, -0.05) is 18.2 Å². The Hall–Kier alpha value is -2.57. The molecule has 1 heterocycles. The van der Waals surface area contributed by atoms with E-state index in [1.165, 1.54) is 0 Å². The largest absolute Gasteiger partial charge is 0.497 e. The number of aliphatic hydroxyl groups excluding tert-OH is 1. The van der Waals surface area contributed by atoms with Crippen molar-refractivity contribution >= 4 is 33.1 Å². The molecule has 0 fully saturated rings. The van der Waals surface area contributed by atoms with Gasteiger partial charge in [-0.25, -0.2) is 0 Å². The van der Waals surface area contributed by atoms with Crippen LogP contribution in [-0.4, -0.2) is 24.7 Å². The summed E-state index contributed by atoms with van der Waals surface area (Å²) in [5.74, 6) is 1.04. The Morgan fingerprint density at radius 1 is 1.25 bits per heavy atom. The molecular weight excluding hydrogens is 322 g/mol. The van der Waals surface area contributed by atoms with Crippen LogP contribution in [0, 0.1) is 0 Å². The molecule has 1 unspecified atom stereocenters. The molecule has 3 aromatic rings. The molecule has 0 spiro atoms. The van der Waals surface area contributed by atoms with E-state index in [0.29, 0.717) is 0 Å². The number of hydrogen-bond acceptors (Lipinski definition) is 4. The van der Waals surface area contributed by atoms with Crippen LogP contribution in [0.4, 0.5) is 5.69 Å². The minimum atomic E-state index is -0.668. The van der Waals surface area contributed by atoms with Crippen LogP contribution in [0.3, 0.4) is 0 Å². The highest BCUT2D eigenvalue weighted by Crippen LogP contribution is 2.29. The number of ether oxygens (including phenoxy) is 1. The Labute approximate surface area is 144 Å². The van der Waals surface area contributed by atoms with Gasteiger partial charge in [0.1, 0.15) is 11.9 Å². The number of aliphatic imine (C=N–C) groups is 1. The molecule has 6 heteroatoms. The summed E-state index contributed by atoms with van der Waals surface area (Å²) in [7, 11) is 1.62. The number of anilines is 1. The molecule has 5 nitrogen and oxygen atoms in total. The third kappa shape index (κ3) is 3.84. The number of aliphatic hydroxyl groups is 1. The highest BCUT2D eigenvalue weighted by molar-refractivity contribution is 7.19. The number of benzene rings is 2. The maximum atomic E-state index is 10.3. The van der Waals surface area contributed by atoms with Gasteiger partial charge in [0.25, 0.3) is 0 Å². The van der Waals surface area contributed by atoms with Gasteiger partial charge in [0.2, 0.25) is 0 Å².